The lowest BCUT2D eigenvalue weighted by atomic mass is 9.94. The van der Waals surface area contributed by atoms with Gasteiger partial charge in [-0.15, -0.1) is 0 Å². The minimum absolute atomic E-state index is 0.330. The third kappa shape index (κ3) is 5.83. The van der Waals surface area contributed by atoms with Crippen molar-refractivity contribution in [1.82, 2.24) is 4.90 Å². The number of ether oxygens (including phenoxy) is 6. The SMILES string of the molecule is COc1cc(C(c2cc(OC)c(OCc3ccccc3)c(OC)c2)N2CCCC2C(=O)O)cc(OC)c1OC. The van der Waals surface area contributed by atoms with E-state index >= 15 is 0 Å². The number of likely N-dealkylation sites (tertiary alicyclic amines) is 1. The first-order valence-electron chi connectivity index (χ1n) is 12.7. The Morgan fingerprint density at radius 1 is 0.821 bits per heavy atom. The van der Waals surface area contributed by atoms with E-state index in [2.05, 4.69) is 0 Å². The Hall–Kier alpha value is -4.11. The average Bonchev–Trinajstić information content (AvgIpc) is 3.45. The van der Waals surface area contributed by atoms with Crippen molar-refractivity contribution in [1.29, 1.82) is 0 Å². The molecule has 1 aliphatic rings. The molecule has 0 radical (unpaired) electrons. The molecule has 0 bridgehead atoms. The quantitative estimate of drug-likeness (QED) is 0.344. The molecule has 0 aliphatic carbocycles. The summed E-state index contributed by atoms with van der Waals surface area (Å²) in [6.45, 7) is 0.922. The van der Waals surface area contributed by atoms with E-state index in [1.807, 2.05) is 59.5 Å². The molecular formula is C30H35NO8. The summed E-state index contributed by atoms with van der Waals surface area (Å²) in [5, 5.41) is 10.1. The van der Waals surface area contributed by atoms with Gasteiger partial charge in [-0.05, 0) is 53.8 Å². The first-order chi connectivity index (χ1) is 18.9. The predicted molar refractivity (Wildman–Crippen MR) is 146 cm³/mol. The Bertz CT molecular complexity index is 1230. The topological polar surface area (TPSA) is 95.9 Å². The molecule has 4 rings (SSSR count). The fourth-order valence-electron chi connectivity index (χ4n) is 5.13. The third-order valence-corrected chi connectivity index (χ3v) is 6.94. The molecule has 39 heavy (non-hydrogen) atoms. The fourth-order valence-corrected chi connectivity index (χ4v) is 5.13. The van der Waals surface area contributed by atoms with Gasteiger partial charge in [-0.1, -0.05) is 30.3 Å². The second-order valence-electron chi connectivity index (χ2n) is 9.12. The Balaban J connectivity index is 1.86. The molecule has 208 valence electrons. The van der Waals surface area contributed by atoms with E-state index in [0.717, 1.165) is 23.1 Å². The van der Waals surface area contributed by atoms with E-state index in [1.165, 1.54) is 0 Å². The highest BCUT2D eigenvalue weighted by Gasteiger charge is 2.38. The lowest BCUT2D eigenvalue weighted by Crippen LogP contribution is -2.39. The lowest BCUT2D eigenvalue weighted by Gasteiger charge is -2.33. The molecule has 0 spiro atoms. The Morgan fingerprint density at radius 3 is 1.79 bits per heavy atom. The highest BCUT2D eigenvalue weighted by atomic mass is 16.5. The van der Waals surface area contributed by atoms with Crippen molar-refractivity contribution >= 4 is 5.97 Å². The maximum Gasteiger partial charge on any atom is 0.320 e. The van der Waals surface area contributed by atoms with Gasteiger partial charge in [-0.2, -0.15) is 0 Å². The van der Waals surface area contributed by atoms with E-state index < -0.39 is 18.1 Å². The van der Waals surface area contributed by atoms with Crippen LogP contribution >= 0.6 is 0 Å². The van der Waals surface area contributed by atoms with Gasteiger partial charge in [0.1, 0.15) is 12.6 Å². The van der Waals surface area contributed by atoms with Gasteiger partial charge in [0.15, 0.2) is 23.0 Å². The molecule has 2 atom stereocenters. The highest BCUT2D eigenvalue weighted by Crippen LogP contribution is 2.47. The Morgan fingerprint density at radius 2 is 1.33 bits per heavy atom. The number of aliphatic carboxylic acids is 1. The van der Waals surface area contributed by atoms with Crippen molar-refractivity contribution in [2.75, 3.05) is 42.1 Å². The van der Waals surface area contributed by atoms with E-state index in [0.29, 0.717) is 54.1 Å². The van der Waals surface area contributed by atoms with E-state index in [4.69, 9.17) is 28.4 Å². The van der Waals surface area contributed by atoms with Crippen LogP contribution < -0.4 is 28.4 Å². The van der Waals surface area contributed by atoms with Crippen LogP contribution in [0.1, 0.15) is 35.6 Å². The van der Waals surface area contributed by atoms with Crippen LogP contribution in [-0.4, -0.2) is 64.1 Å². The summed E-state index contributed by atoms with van der Waals surface area (Å²) in [5.74, 6) is 1.96. The monoisotopic (exact) mass is 537 g/mol. The molecular weight excluding hydrogens is 502 g/mol. The van der Waals surface area contributed by atoms with Crippen molar-refractivity contribution in [2.45, 2.75) is 31.5 Å². The van der Waals surface area contributed by atoms with Crippen molar-refractivity contribution in [2.24, 2.45) is 0 Å². The van der Waals surface area contributed by atoms with Gasteiger partial charge >= 0.3 is 5.97 Å². The smallest absolute Gasteiger partial charge is 0.320 e. The predicted octanol–water partition coefficient (Wildman–Crippen LogP) is 4.95. The molecule has 3 aromatic rings. The minimum Gasteiger partial charge on any atom is -0.493 e. The number of carboxylic acids is 1. The first kappa shape index (κ1) is 27.9. The van der Waals surface area contributed by atoms with Crippen LogP contribution in [-0.2, 0) is 11.4 Å². The van der Waals surface area contributed by atoms with Gasteiger partial charge in [0.25, 0.3) is 0 Å². The molecule has 1 aliphatic heterocycles. The highest BCUT2D eigenvalue weighted by molar-refractivity contribution is 5.74. The fraction of sp³-hybridized carbons (Fsp3) is 0.367. The van der Waals surface area contributed by atoms with Crippen LogP contribution in [0.15, 0.2) is 54.6 Å². The summed E-state index contributed by atoms with van der Waals surface area (Å²) in [4.78, 5) is 14.2. The van der Waals surface area contributed by atoms with Gasteiger partial charge < -0.3 is 33.5 Å². The van der Waals surface area contributed by atoms with Gasteiger partial charge in [0.2, 0.25) is 11.5 Å². The molecule has 1 N–H and O–H groups in total. The number of methoxy groups -OCH3 is 5. The molecule has 3 aromatic carbocycles. The lowest BCUT2D eigenvalue weighted by molar-refractivity contribution is -0.142. The molecule has 2 unspecified atom stereocenters. The van der Waals surface area contributed by atoms with E-state index in [1.54, 1.807) is 35.5 Å². The van der Waals surface area contributed by atoms with Crippen molar-refractivity contribution in [3.05, 3.63) is 71.3 Å². The molecule has 0 saturated carbocycles. The zero-order chi connectivity index (χ0) is 27.9. The third-order valence-electron chi connectivity index (χ3n) is 6.94. The number of carbonyl (C=O) groups is 1. The van der Waals surface area contributed by atoms with Crippen molar-refractivity contribution in [3.8, 4) is 34.5 Å². The standard InChI is InChI=1S/C30H35NO8/c1-34-23-14-20(15-24(35-2)28(23)38-5)27(31-13-9-12-22(31)30(32)33)21-16-25(36-3)29(26(17-21)37-4)39-18-19-10-7-6-8-11-19/h6-8,10-11,14-17,22,27H,9,12-13,18H2,1-5H3,(H,32,33). The minimum atomic E-state index is -0.869. The van der Waals surface area contributed by atoms with Crippen molar-refractivity contribution < 1.29 is 38.3 Å². The Labute approximate surface area is 228 Å². The first-order valence-corrected chi connectivity index (χ1v) is 12.7. The molecule has 1 fully saturated rings. The zero-order valence-corrected chi connectivity index (χ0v) is 22.9. The largest absolute Gasteiger partial charge is 0.493 e. The van der Waals surface area contributed by atoms with E-state index in [9.17, 15) is 9.90 Å². The second kappa shape index (κ2) is 12.6. The van der Waals surface area contributed by atoms with Crippen LogP contribution in [0.2, 0.25) is 0 Å². The van der Waals surface area contributed by atoms with Crippen LogP contribution in [0, 0.1) is 0 Å². The maximum absolute atomic E-state index is 12.3. The molecule has 9 nitrogen and oxygen atoms in total. The average molecular weight is 538 g/mol. The van der Waals surface area contributed by atoms with Gasteiger partial charge in [-0.3, -0.25) is 9.69 Å². The number of hydrogen-bond donors (Lipinski definition) is 1. The maximum atomic E-state index is 12.3. The molecule has 0 aromatic heterocycles. The van der Waals surface area contributed by atoms with E-state index in [-0.39, 0.29) is 0 Å². The number of hydrogen-bond acceptors (Lipinski definition) is 8. The summed E-state index contributed by atoms with van der Waals surface area (Å²) in [5.41, 5.74) is 2.56. The van der Waals surface area contributed by atoms with Crippen molar-refractivity contribution in [3.63, 3.8) is 0 Å². The molecule has 9 heteroatoms. The molecule has 1 heterocycles. The summed E-state index contributed by atoms with van der Waals surface area (Å²) in [6, 6.07) is 16.1. The second-order valence-corrected chi connectivity index (χ2v) is 9.12. The summed E-state index contributed by atoms with van der Waals surface area (Å²) >= 11 is 0. The van der Waals surface area contributed by atoms with Crippen LogP contribution in [0.25, 0.3) is 0 Å². The summed E-state index contributed by atoms with van der Waals surface area (Å²) < 4.78 is 34.4. The van der Waals surface area contributed by atoms with Crippen LogP contribution in [0.5, 0.6) is 34.5 Å². The van der Waals surface area contributed by atoms with Gasteiger partial charge in [0.05, 0.1) is 41.6 Å². The number of nitrogens with zero attached hydrogens (tertiary/aromatic N) is 1. The molecule has 1 saturated heterocycles. The summed E-state index contributed by atoms with van der Waals surface area (Å²) in [6.07, 6.45) is 1.30. The van der Waals surface area contributed by atoms with Gasteiger partial charge in [0, 0.05) is 6.54 Å². The van der Waals surface area contributed by atoms with Crippen LogP contribution in [0.4, 0.5) is 0 Å². The number of rotatable bonds is 12. The zero-order valence-electron chi connectivity index (χ0n) is 22.9. The number of carboxylic acid groups (broad SMARTS) is 1. The Kier molecular flexibility index (Phi) is 9.03. The van der Waals surface area contributed by atoms with Crippen LogP contribution in [0.3, 0.4) is 0 Å². The molecule has 0 amide bonds. The number of benzene rings is 3. The normalized spacial score (nSPS) is 15.9. The summed E-state index contributed by atoms with van der Waals surface area (Å²) in [7, 11) is 7.78. The van der Waals surface area contributed by atoms with Gasteiger partial charge in [-0.25, -0.2) is 0 Å².